The molecule has 0 saturated carbocycles. The number of carbonyl (C=O) groups excluding carboxylic acids is 2. The number of likely N-dealkylation sites (tertiary alicyclic amines) is 1. The molecule has 1 aromatic carbocycles. The number of carboxylic acids is 1. The van der Waals surface area contributed by atoms with E-state index in [1.165, 1.54) is 10.5 Å². The third-order valence-corrected chi connectivity index (χ3v) is 3.89. The van der Waals surface area contributed by atoms with Crippen molar-refractivity contribution in [2.24, 2.45) is 5.92 Å². The Labute approximate surface area is 137 Å². The molecule has 0 spiro atoms. The van der Waals surface area contributed by atoms with Crippen LogP contribution in [0.15, 0.2) is 24.3 Å². The lowest BCUT2D eigenvalue weighted by molar-refractivity contribution is -0.310. The molecule has 5 nitrogen and oxygen atoms in total. The number of rotatable bonds is 3. The highest BCUT2D eigenvalue weighted by Crippen LogP contribution is 2.28. The minimum Gasteiger partial charge on any atom is -0.548 e. The highest BCUT2D eigenvalue weighted by molar-refractivity contribution is 5.79. The van der Waals surface area contributed by atoms with Gasteiger partial charge >= 0.3 is 6.09 Å². The molecular weight excluding hydrogens is 294 g/mol. The van der Waals surface area contributed by atoms with Crippen LogP contribution in [0.3, 0.4) is 0 Å². The van der Waals surface area contributed by atoms with Crippen molar-refractivity contribution in [2.75, 3.05) is 6.54 Å². The van der Waals surface area contributed by atoms with Crippen LogP contribution in [0.4, 0.5) is 4.79 Å². The maximum atomic E-state index is 12.2. The number of amides is 1. The van der Waals surface area contributed by atoms with Gasteiger partial charge in [0, 0.05) is 6.54 Å². The van der Waals surface area contributed by atoms with Crippen LogP contribution in [0.5, 0.6) is 0 Å². The summed E-state index contributed by atoms with van der Waals surface area (Å²) in [7, 11) is 0. The number of hydrogen-bond donors (Lipinski definition) is 0. The van der Waals surface area contributed by atoms with Crippen molar-refractivity contribution < 1.29 is 19.4 Å². The summed E-state index contributed by atoms with van der Waals surface area (Å²) < 4.78 is 5.32. The van der Waals surface area contributed by atoms with E-state index in [2.05, 4.69) is 6.07 Å². The Bertz CT molecular complexity index is 591. The molecule has 1 amide bonds. The van der Waals surface area contributed by atoms with Crippen LogP contribution in [0.25, 0.3) is 0 Å². The predicted molar refractivity (Wildman–Crippen MR) is 84.7 cm³/mol. The van der Waals surface area contributed by atoms with E-state index >= 15 is 0 Å². The molecule has 1 fully saturated rings. The smallest absolute Gasteiger partial charge is 0.410 e. The summed E-state index contributed by atoms with van der Waals surface area (Å²) in [6.45, 7) is 7.69. The molecule has 0 radical (unpaired) electrons. The van der Waals surface area contributed by atoms with Gasteiger partial charge in [0.15, 0.2) is 0 Å². The van der Waals surface area contributed by atoms with Crippen LogP contribution >= 0.6 is 0 Å². The minimum atomic E-state index is -1.22. The van der Waals surface area contributed by atoms with Crippen molar-refractivity contribution in [3.63, 3.8) is 0 Å². The number of carbonyl (C=O) groups is 2. The number of benzene rings is 1. The zero-order valence-corrected chi connectivity index (χ0v) is 14.2. The average Bonchev–Trinajstić information content (AvgIpc) is 2.81. The fourth-order valence-electron chi connectivity index (χ4n) is 2.99. The molecule has 1 aromatic rings. The summed E-state index contributed by atoms with van der Waals surface area (Å²) >= 11 is 0. The lowest BCUT2D eigenvalue weighted by Crippen LogP contribution is -2.48. The molecule has 1 aliphatic rings. The van der Waals surface area contributed by atoms with Crippen molar-refractivity contribution in [3.8, 4) is 0 Å². The van der Waals surface area contributed by atoms with Gasteiger partial charge in [0.1, 0.15) is 5.60 Å². The summed E-state index contributed by atoms with van der Waals surface area (Å²) in [5.74, 6) is -1.13. The molecule has 0 unspecified atom stereocenters. The number of carboxylic acid groups (broad SMARTS) is 1. The Morgan fingerprint density at radius 3 is 2.61 bits per heavy atom. The Hall–Kier alpha value is -2.04. The molecule has 0 N–H and O–H groups in total. The van der Waals surface area contributed by atoms with E-state index < -0.39 is 23.7 Å². The molecule has 0 bridgehead atoms. The van der Waals surface area contributed by atoms with Gasteiger partial charge in [-0.1, -0.05) is 29.8 Å². The molecule has 126 valence electrons. The first-order valence-electron chi connectivity index (χ1n) is 7.92. The summed E-state index contributed by atoms with van der Waals surface area (Å²) in [4.78, 5) is 24.9. The summed E-state index contributed by atoms with van der Waals surface area (Å²) in [5.41, 5.74) is 1.67. The Morgan fingerprint density at radius 1 is 1.35 bits per heavy atom. The molecule has 23 heavy (non-hydrogen) atoms. The number of aryl methyl sites for hydroxylation is 1. The second-order valence-corrected chi connectivity index (χ2v) is 7.26. The van der Waals surface area contributed by atoms with Crippen molar-refractivity contribution in [2.45, 2.75) is 52.2 Å². The first-order valence-corrected chi connectivity index (χ1v) is 7.92. The first-order chi connectivity index (χ1) is 10.7. The normalized spacial score (nSPS) is 21.3. The summed E-state index contributed by atoms with van der Waals surface area (Å²) in [5, 5.41) is 11.4. The molecule has 1 aliphatic heterocycles. The molecule has 0 aliphatic carbocycles. The van der Waals surface area contributed by atoms with Crippen LogP contribution in [-0.2, 0) is 16.0 Å². The van der Waals surface area contributed by atoms with Crippen molar-refractivity contribution >= 4 is 12.1 Å². The van der Waals surface area contributed by atoms with E-state index in [1.54, 1.807) is 20.8 Å². The van der Waals surface area contributed by atoms with E-state index in [-0.39, 0.29) is 5.92 Å². The molecule has 0 aromatic heterocycles. The number of nitrogens with zero attached hydrogens (tertiary/aromatic N) is 1. The minimum absolute atomic E-state index is 0.0900. The predicted octanol–water partition coefficient (Wildman–Crippen LogP) is 1.91. The second kappa shape index (κ2) is 6.60. The van der Waals surface area contributed by atoms with Gasteiger partial charge in [0.25, 0.3) is 0 Å². The lowest BCUT2D eigenvalue weighted by atomic mass is 9.96. The van der Waals surface area contributed by atoms with Crippen LogP contribution in [0.1, 0.15) is 38.3 Å². The fraction of sp³-hybridized carbons (Fsp3) is 0.556. The first kappa shape index (κ1) is 17.3. The molecule has 2 rings (SSSR count). The zero-order chi connectivity index (χ0) is 17.2. The molecule has 2 atom stereocenters. The van der Waals surface area contributed by atoms with Crippen molar-refractivity contribution in [1.82, 2.24) is 4.90 Å². The Morgan fingerprint density at radius 2 is 2.04 bits per heavy atom. The van der Waals surface area contributed by atoms with Gasteiger partial charge in [-0.3, -0.25) is 4.90 Å². The van der Waals surface area contributed by atoms with E-state index in [0.717, 1.165) is 12.0 Å². The molecule has 1 saturated heterocycles. The lowest BCUT2D eigenvalue weighted by Gasteiger charge is -2.28. The van der Waals surface area contributed by atoms with Gasteiger partial charge in [0.2, 0.25) is 0 Å². The van der Waals surface area contributed by atoms with Crippen LogP contribution < -0.4 is 5.11 Å². The van der Waals surface area contributed by atoms with E-state index in [4.69, 9.17) is 4.74 Å². The maximum Gasteiger partial charge on any atom is 0.410 e. The number of hydrogen-bond acceptors (Lipinski definition) is 4. The third-order valence-electron chi connectivity index (χ3n) is 3.89. The topological polar surface area (TPSA) is 69.7 Å². The maximum absolute atomic E-state index is 12.2. The standard InChI is InChI=1S/C18H25NO4/c1-12-6-5-7-13(8-12)9-14-10-15(16(20)21)19(11-14)17(22)23-18(2,3)4/h5-8,14-15H,9-11H2,1-4H3,(H,20,21)/p-1/t14-,15+/m1/s1. The number of ether oxygens (including phenoxy) is 1. The van der Waals surface area contributed by atoms with E-state index in [0.29, 0.717) is 13.0 Å². The van der Waals surface area contributed by atoms with Gasteiger partial charge in [0.05, 0.1) is 12.0 Å². The highest BCUT2D eigenvalue weighted by Gasteiger charge is 2.38. The Kier molecular flexibility index (Phi) is 4.97. The van der Waals surface area contributed by atoms with E-state index in [9.17, 15) is 14.7 Å². The van der Waals surface area contributed by atoms with Gasteiger partial charge in [-0.2, -0.15) is 0 Å². The largest absolute Gasteiger partial charge is 0.548 e. The van der Waals surface area contributed by atoms with Crippen LogP contribution in [-0.4, -0.2) is 35.2 Å². The zero-order valence-electron chi connectivity index (χ0n) is 14.2. The monoisotopic (exact) mass is 318 g/mol. The van der Waals surface area contributed by atoms with Crippen molar-refractivity contribution in [3.05, 3.63) is 35.4 Å². The molecule has 1 heterocycles. The fourth-order valence-corrected chi connectivity index (χ4v) is 2.99. The Balaban J connectivity index is 2.08. The van der Waals surface area contributed by atoms with Crippen molar-refractivity contribution in [1.29, 1.82) is 0 Å². The van der Waals surface area contributed by atoms with E-state index in [1.807, 2.05) is 25.1 Å². The van der Waals surface area contributed by atoms with Crippen LogP contribution in [0.2, 0.25) is 0 Å². The summed E-state index contributed by atoms with van der Waals surface area (Å²) in [6.07, 6.45) is 0.554. The van der Waals surface area contributed by atoms with Gasteiger partial charge in [-0.15, -0.1) is 0 Å². The highest BCUT2D eigenvalue weighted by atomic mass is 16.6. The van der Waals surface area contributed by atoms with Gasteiger partial charge in [-0.25, -0.2) is 4.79 Å². The van der Waals surface area contributed by atoms with Crippen LogP contribution in [0, 0.1) is 12.8 Å². The average molecular weight is 318 g/mol. The van der Waals surface area contributed by atoms with Gasteiger partial charge in [-0.05, 0) is 52.0 Å². The summed E-state index contributed by atoms with van der Waals surface area (Å²) in [6, 6.07) is 7.21. The number of aliphatic carboxylic acids is 1. The SMILES string of the molecule is Cc1cccc(C[C@@H]2C[C@@H](C(=O)[O-])N(C(=O)OC(C)(C)C)C2)c1. The third kappa shape index (κ3) is 4.71. The molecule has 5 heteroatoms. The second-order valence-electron chi connectivity index (χ2n) is 7.26. The van der Waals surface area contributed by atoms with Gasteiger partial charge < -0.3 is 14.6 Å². The quantitative estimate of drug-likeness (QED) is 0.853. The molecular formula is C18H24NO4-.